The first-order chi connectivity index (χ1) is 12.5. The van der Waals surface area contributed by atoms with Crippen molar-refractivity contribution in [3.63, 3.8) is 0 Å². The molecule has 0 aromatic heterocycles. The van der Waals surface area contributed by atoms with Gasteiger partial charge in [0, 0.05) is 12.8 Å². The molecule has 0 radical (unpaired) electrons. The van der Waals surface area contributed by atoms with Crippen LogP contribution in [-0.4, -0.2) is 41.6 Å². The van der Waals surface area contributed by atoms with E-state index in [1.165, 1.54) is 6.08 Å². The van der Waals surface area contributed by atoms with Crippen molar-refractivity contribution >= 4 is 23.9 Å². The summed E-state index contributed by atoms with van der Waals surface area (Å²) in [6, 6.07) is 8.27. The van der Waals surface area contributed by atoms with E-state index in [9.17, 15) is 19.2 Å². The second kappa shape index (κ2) is 9.36. The van der Waals surface area contributed by atoms with Gasteiger partial charge in [0.15, 0.2) is 0 Å². The molecule has 1 aromatic carbocycles. The monoisotopic (exact) mass is 360 g/mol. The molecular formula is C18H20N2O6. The highest BCUT2D eigenvalue weighted by Gasteiger charge is 2.35. The van der Waals surface area contributed by atoms with Crippen molar-refractivity contribution in [2.24, 2.45) is 0 Å². The highest BCUT2D eigenvalue weighted by Crippen LogP contribution is 2.14. The van der Waals surface area contributed by atoms with Gasteiger partial charge in [-0.1, -0.05) is 43.0 Å². The molecule has 26 heavy (non-hydrogen) atoms. The Hall–Kier alpha value is -3.16. The molecule has 1 saturated heterocycles. The molecule has 138 valence electrons. The number of imide groups is 1. The van der Waals surface area contributed by atoms with Gasteiger partial charge in [-0.3, -0.25) is 9.59 Å². The van der Waals surface area contributed by atoms with Gasteiger partial charge >= 0.3 is 12.1 Å². The first-order valence-electron chi connectivity index (χ1n) is 8.17. The third-order valence-electron chi connectivity index (χ3n) is 3.66. The van der Waals surface area contributed by atoms with E-state index < -0.39 is 29.9 Å². The zero-order valence-corrected chi connectivity index (χ0v) is 14.2. The van der Waals surface area contributed by atoms with Crippen molar-refractivity contribution < 1.29 is 28.8 Å². The van der Waals surface area contributed by atoms with Crippen LogP contribution >= 0.6 is 0 Å². The third-order valence-corrected chi connectivity index (χ3v) is 3.66. The smallest absolute Gasteiger partial charge is 0.408 e. The first-order valence-corrected chi connectivity index (χ1v) is 8.17. The summed E-state index contributed by atoms with van der Waals surface area (Å²) in [4.78, 5) is 52.2. The average molecular weight is 360 g/mol. The van der Waals surface area contributed by atoms with Crippen LogP contribution in [0.1, 0.15) is 24.8 Å². The van der Waals surface area contributed by atoms with Crippen molar-refractivity contribution in [2.45, 2.75) is 31.7 Å². The molecule has 1 unspecified atom stereocenters. The molecule has 1 fully saturated rings. The topological polar surface area (TPSA) is 102 Å². The Morgan fingerprint density at radius 1 is 1.19 bits per heavy atom. The fraction of sp³-hybridized carbons (Fsp3) is 0.333. The fourth-order valence-corrected chi connectivity index (χ4v) is 2.33. The van der Waals surface area contributed by atoms with E-state index in [2.05, 4.69) is 11.9 Å². The summed E-state index contributed by atoms with van der Waals surface area (Å²) >= 11 is 0. The Morgan fingerprint density at radius 2 is 1.85 bits per heavy atom. The molecule has 3 amide bonds. The lowest BCUT2D eigenvalue weighted by atomic mass is 10.1. The van der Waals surface area contributed by atoms with Crippen molar-refractivity contribution in [3.05, 3.63) is 48.6 Å². The molecule has 1 heterocycles. The molecule has 1 aliphatic rings. The number of aryl methyl sites for hydroxylation is 1. The van der Waals surface area contributed by atoms with Gasteiger partial charge in [-0.05, 0) is 18.4 Å². The fourth-order valence-electron chi connectivity index (χ4n) is 2.33. The number of hydrogen-bond acceptors (Lipinski definition) is 6. The minimum atomic E-state index is -1.08. The Kier molecular flexibility index (Phi) is 6.90. The van der Waals surface area contributed by atoms with Crippen LogP contribution in [0.2, 0.25) is 0 Å². The largest absolute Gasteiger partial charge is 0.445 e. The summed E-state index contributed by atoms with van der Waals surface area (Å²) in [5, 5.41) is 2.85. The van der Waals surface area contributed by atoms with Gasteiger partial charge in [0.25, 0.3) is 11.8 Å². The lowest BCUT2D eigenvalue weighted by molar-refractivity contribution is -0.199. The van der Waals surface area contributed by atoms with Gasteiger partial charge in [0.05, 0.1) is 0 Å². The van der Waals surface area contributed by atoms with Crippen molar-refractivity contribution in [3.8, 4) is 0 Å². The van der Waals surface area contributed by atoms with Crippen LogP contribution < -0.4 is 5.32 Å². The van der Waals surface area contributed by atoms with Gasteiger partial charge in [-0.15, -0.1) is 5.06 Å². The summed E-state index contributed by atoms with van der Waals surface area (Å²) in [6.07, 6.45) is 1.25. The van der Waals surface area contributed by atoms with E-state index in [0.29, 0.717) is 11.5 Å². The van der Waals surface area contributed by atoms with Crippen molar-refractivity contribution in [1.29, 1.82) is 0 Å². The highest BCUT2D eigenvalue weighted by atomic mass is 16.7. The third kappa shape index (κ3) is 5.44. The van der Waals surface area contributed by atoms with E-state index in [1.807, 2.05) is 30.3 Å². The maximum absolute atomic E-state index is 12.4. The predicted molar refractivity (Wildman–Crippen MR) is 90.4 cm³/mol. The maximum Gasteiger partial charge on any atom is 0.408 e. The first kappa shape index (κ1) is 19.2. The maximum atomic E-state index is 12.4. The van der Waals surface area contributed by atoms with Crippen LogP contribution in [0.25, 0.3) is 0 Å². The van der Waals surface area contributed by atoms with Crippen molar-refractivity contribution in [1.82, 2.24) is 10.4 Å². The van der Waals surface area contributed by atoms with Crippen LogP contribution in [0.15, 0.2) is 43.0 Å². The molecule has 1 atom stereocenters. The second-order valence-electron chi connectivity index (χ2n) is 5.60. The summed E-state index contributed by atoms with van der Waals surface area (Å²) in [5.41, 5.74) is 0.958. The molecule has 1 aromatic rings. The molecule has 0 spiro atoms. The van der Waals surface area contributed by atoms with E-state index in [1.54, 1.807) is 0 Å². The summed E-state index contributed by atoms with van der Waals surface area (Å²) < 4.78 is 4.81. The molecule has 8 heteroatoms. The molecule has 1 aliphatic heterocycles. The number of hydrogen-bond donors (Lipinski definition) is 1. The number of alkyl carbamates (subject to hydrolysis) is 1. The van der Waals surface area contributed by atoms with E-state index in [0.717, 1.165) is 5.56 Å². The molecule has 0 bridgehead atoms. The van der Waals surface area contributed by atoms with E-state index >= 15 is 0 Å². The quantitative estimate of drug-likeness (QED) is 0.557. The van der Waals surface area contributed by atoms with E-state index in [4.69, 9.17) is 9.57 Å². The summed E-state index contributed by atoms with van der Waals surface area (Å²) in [6.45, 7) is 3.41. The van der Waals surface area contributed by atoms with Crippen LogP contribution in [0, 0.1) is 0 Å². The number of benzene rings is 1. The lowest BCUT2D eigenvalue weighted by Crippen LogP contribution is -2.45. The number of amides is 3. The minimum absolute atomic E-state index is 0.00436. The van der Waals surface area contributed by atoms with Crippen molar-refractivity contribution in [2.75, 3.05) is 6.61 Å². The van der Waals surface area contributed by atoms with Gasteiger partial charge in [0.1, 0.15) is 12.6 Å². The molecule has 0 saturated carbocycles. The zero-order chi connectivity index (χ0) is 18.9. The second-order valence-corrected chi connectivity index (χ2v) is 5.60. The molecule has 8 nitrogen and oxygen atoms in total. The van der Waals surface area contributed by atoms with Crippen LogP contribution in [0.5, 0.6) is 0 Å². The van der Waals surface area contributed by atoms with Crippen LogP contribution in [0.4, 0.5) is 4.79 Å². The number of carbonyl (C=O) groups excluding carboxylic acids is 4. The highest BCUT2D eigenvalue weighted by molar-refractivity contribution is 6.01. The number of rotatable bonds is 8. The summed E-state index contributed by atoms with van der Waals surface area (Å²) in [7, 11) is 0. The lowest BCUT2D eigenvalue weighted by Gasteiger charge is -2.20. The number of nitrogens with zero attached hydrogens (tertiary/aromatic N) is 1. The molecule has 0 aliphatic carbocycles. The Labute approximate surface area is 150 Å². The Morgan fingerprint density at radius 3 is 2.46 bits per heavy atom. The average Bonchev–Trinajstić information content (AvgIpc) is 2.96. The number of carbonyl (C=O) groups is 4. The van der Waals surface area contributed by atoms with Crippen LogP contribution in [0.3, 0.4) is 0 Å². The van der Waals surface area contributed by atoms with Crippen LogP contribution in [-0.2, 0) is 30.4 Å². The Balaban J connectivity index is 2.01. The van der Waals surface area contributed by atoms with Gasteiger partial charge in [0.2, 0.25) is 0 Å². The predicted octanol–water partition coefficient (Wildman–Crippen LogP) is 1.51. The number of nitrogens with one attached hydrogen (secondary N) is 1. The SMILES string of the molecule is C=CCOC(=O)NC(CCc1ccccc1)C(=O)ON1C(=O)CCC1=O. The minimum Gasteiger partial charge on any atom is -0.445 e. The normalized spacial score (nSPS) is 14.7. The standard InChI is InChI=1S/C18H20N2O6/c1-2-12-25-18(24)19-14(9-8-13-6-4-3-5-7-13)17(23)26-20-15(21)10-11-16(20)22/h2-7,14H,1,8-12H2,(H,19,24). The number of ether oxygens (including phenoxy) is 1. The Bertz CT molecular complexity index is 672. The molecular weight excluding hydrogens is 340 g/mol. The van der Waals surface area contributed by atoms with E-state index in [-0.39, 0.29) is 25.9 Å². The van der Waals surface area contributed by atoms with Gasteiger partial charge < -0.3 is 14.9 Å². The molecule has 1 N–H and O–H groups in total. The zero-order valence-electron chi connectivity index (χ0n) is 14.2. The molecule has 2 rings (SSSR count). The number of hydroxylamine groups is 2. The summed E-state index contributed by atoms with van der Waals surface area (Å²) in [5.74, 6) is -2.07. The van der Waals surface area contributed by atoms with Gasteiger partial charge in [-0.25, -0.2) is 9.59 Å². The van der Waals surface area contributed by atoms with Gasteiger partial charge in [-0.2, -0.15) is 0 Å².